The average Bonchev–Trinajstić information content (AvgIpc) is 2.82. The van der Waals surface area contributed by atoms with Crippen LogP contribution in [0.1, 0.15) is 9.75 Å². The van der Waals surface area contributed by atoms with Crippen molar-refractivity contribution in [2.24, 2.45) is 0 Å². The van der Waals surface area contributed by atoms with Gasteiger partial charge in [0.25, 0.3) is 0 Å². The van der Waals surface area contributed by atoms with E-state index in [1.54, 1.807) is 17.5 Å². The van der Waals surface area contributed by atoms with Gasteiger partial charge < -0.3 is 5.32 Å². The third kappa shape index (κ3) is 2.33. The van der Waals surface area contributed by atoms with Crippen molar-refractivity contribution in [2.75, 3.05) is 5.32 Å². The summed E-state index contributed by atoms with van der Waals surface area (Å²) < 4.78 is 0. The number of rotatable bonds is 3. The molecule has 0 saturated heterocycles. The first-order chi connectivity index (χ1) is 8.81. The van der Waals surface area contributed by atoms with Crippen LogP contribution >= 0.6 is 11.3 Å². The number of hydrogen-bond acceptors (Lipinski definition) is 4. The van der Waals surface area contributed by atoms with Gasteiger partial charge >= 0.3 is 0 Å². The smallest absolute Gasteiger partial charge is 0.145 e. The predicted octanol–water partition coefficient (Wildman–Crippen LogP) is 3.61. The van der Waals surface area contributed by atoms with E-state index in [2.05, 4.69) is 34.3 Å². The molecule has 0 atom stereocenters. The Morgan fingerprint density at radius 3 is 2.72 bits per heavy atom. The van der Waals surface area contributed by atoms with Gasteiger partial charge in [0.2, 0.25) is 0 Å². The predicted molar refractivity (Wildman–Crippen MR) is 75.9 cm³/mol. The van der Waals surface area contributed by atoms with E-state index in [-0.39, 0.29) is 0 Å². The fraction of sp³-hybridized carbons (Fsp3) is 0.143. The van der Waals surface area contributed by atoms with E-state index in [1.165, 1.54) is 9.75 Å². The molecule has 1 N–H and O–H groups in total. The first-order valence-corrected chi connectivity index (χ1v) is 6.64. The first kappa shape index (κ1) is 11.2. The highest BCUT2D eigenvalue weighted by atomic mass is 32.1. The van der Waals surface area contributed by atoms with E-state index >= 15 is 0 Å². The molecule has 0 unspecified atom stereocenters. The lowest BCUT2D eigenvalue weighted by Crippen LogP contribution is -2.00. The standard InChI is InChI=1S/C14H13N3S/c1-10-6-7-11(18-10)8-16-14-9-15-12-4-2-3-5-13(12)17-14/h2-7,9H,8H2,1H3,(H,16,17). The maximum absolute atomic E-state index is 4.53. The number of anilines is 1. The largest absolute Gasteiger partial charge is 0.364 e. The van der Waals surface area contributed by atoms with Gasteiger partial charge in [-0.25, -0.2) is 4.98 Å². The molecular formula is C14H13N3S. The van der Waals surface area contributed by atoms with Crippen molar-refractivity contribution in [3.05, 3.63) is 52.3 Å². The number of benzene rings is 1. The van der Waals surface area contributed by atoms with E-state index in [0.29, 0.717) is 0 Å². The highest BCUT2D eigenvalue weighted by Gasteiger charge is 2.00. The number of hydrogen-bond donors (Lipinski definition) is 1. The Bertz CT molecular complexity index is 675. The molecule has 0 spiro atoms. The van der Waals surface area contributed by atoms with Crippen LogP contribution in [0.15, 0.2) is 42.6 Å². The highest BCUT2D eigenvalue weighted by molar-refractivity contribution is 7.11. The molecule has 3 nitrogen and oxygen atoms in total. The Kier molecular flexibility index (Phi) is 2.94. The van der Waals surface area contributed by atoms with Crippen LogP contribution in [0.4, 0.5) is 5.82 Å². The van der Waals surface area contributed by atoms with Crippen LogP contribution in [0.2, 0.25) is 0 Å². The second-order valence-electron chi connectivity index (χ2n) is 4.11. The summed E-state index contributed by atoms with van der Waals surface area (Å²) in [7, 11) is 0. The van der Waals surface area contributed by atoms with Crippen LogP contribution in [0, 0.1) is 6.92 Å². The summed E-state index contributed by atoms with van der Waals surface area (Å²) in [4.78, 5) is 11.5. The Labute approximate surface area is 110 Å². The normalized spacial score (nSPS) is 10.7. The van der Waals surface area contributed by atoms with Gasteiger partial charge in [-0.15, -0.1) is 11.3 Å². The van der Waals surface area contributed by atoms with Crippen LogP contribution < -0.4 is 5.32 Å². The van der Waals surface area contributed by atoms with E-state index in [9.17, 15) is 0 Å². The summed E-state index contributed by atoms with van der Waals surface area (Å²) >= 11 is 1.80. The molecule has 0 saturated carbocycles. The van der Waals surface area contributed by atoms with Crippen LogP contribution in [0.3, 0.4) is 0 Å². The third-order valence-corrected chi connectivity index (χ3v) is 3.69. The molecule has 2 heterocycles. The number of para-hydroxylation sites is 2. The van der Waals surface area contributed by atoms with Crippen molar-refractivity contribution >= 4 is 28.2 Å². The minimum Gasteiger partial charge on any atom is -0.364 e. The maximum atomic E-state index is 4.53. The molecule has 0 aliphatic carbocycles. The SMILES string of the molecule is Cc1ccc(CNc2cnc3ccccc3n2)s1. The molecule has 0 aliphatic rings. The average molecular weight is 255 g/mol. The number of fused-ring (bicyclic) bond motifs is 1. The van der Waals surface area contributed by atoms with E-state index < -0.39 is 0 Å². The second kappa shape index (κ2) is 4.74. The van der Waals surface area contributed by atoms with Crippen molar-refractivity contribution in [3.8, 4) is 0 Å². The van der Waals surface area contributed by atoms with Crippen molar-refractivity contribution in [1.82, 2.24) is 9.97 Å². The van der Waals surface area contributed by atoms with Gasteiger partial charge in [-0.2, -0.15) is 0 Å². The molecule has 0 radical (unpaired) electrons. The van der Waals surface area contributed by atoms with Crippen LogP contribution in [0.25, 0.3) is 11.0 Å². The fourth-order valence-corrected chi connectivity index (χ4v) is 2.63. The quantitative estimate of drug-likeness (QED) is 0.777. The second-order valence-corrected chi connectivity index (χ2v) is 5.48. The van der Waals surface area contributed by atoms with Gasteiger partial charge in [0.15, 0.2) is 0 Å². The van der Waals surface area contributed by atoms with Gasteiger partial charge in [0, 0.05) is 9.75 Å². The molecule has 4 heteroatoms. The summed E-state index contributed by atoms with van der Waals surface area (Å²) in [5.74, 6) is 0.819. The topological polar surface area (TPSA) is 37.8 Å². The molecule has 0 fully saturated rings. The Morgan fingerprint density at radius 2 is 1.94 bits per heavy atom. The summed E-state index contributed by atoms with van der Waals surface area (Å²) in [6.07, 6.45) is 1.78. The summed E-state index contributed by atoms with van der Waals surface area (Å²) in [6.45, 7) is 2.91. The number of nitrogens with one attached hydrogen (secondary N) is 1. The maximum Gasteiger partial charge on any atom is 0.145 e. The summed E-state index contributed by atoms with van der Waals surface area (Å²) in [5, 5.41) is 3.30. The molecule has 3 rings (SSSR count). The minimum atomic E-state index is 0.797. The summed E-state index contributed by atoms with van der Waals surface area (Å²) in [6, 6.07) is 12.2. The molecule has 90 valence electrons. The Balaban J connectivity index is 1.78. The van der Waals surface area contributed by atoms with Gasteiger partial charge in [0.05, 0.1) is 23.8 Å². The van der Waals surface area contributed by atoms with Gasteiger partial charge in [-0.1, -0.05) is 12.1 Å². The molecule has 0 aliphatic heterocycles. The summed E-state index contributed by atoms with van der Waals surface area (Å²) in [5.41, 5.74) is 1.85. The van der Waals surface area contributed by atoms with Gasteiger partial charge in [0.1, 0.15) is 5.82 Å². The fourth-order valence-electron chi connectivity index (χ4n) is 1.80. The molecule has 1 aromatic carbocycles. The van der Waals surface area contributed by atoms with E-state index in [1.807, 2.05) is 24.3 Å². The third-order valence-electron chi connectivity index (χ3n) is 2.69. The molecule has 2 aromatic heterocycles. The molecule has 0 bridgehead atoms. The lowest BCUT2D eigenvalue weighted by molar-refractivity contribution is 1.14. The Hall–Kier alpha value is -1.94. The number of aryl methyl sites for hydroxylation is 1. The monoisotopic (exact) mass is 255 g/mol. The van der Waals surface area contributed by atoms with Crippen molar-refractivity contribution in [2.45, 2.75) is 13.5 Å². The number of nitrogens with zero attached hydrogens (tertiary/aromatic N) is 2. The Morgan fingerprint density at radius 1 is 1.11 bits per heavy atom. The van der Waals surface area contributed by atoms with E-state index in [4.69, 9.17) is 0 Å². The first-order valence-electron chi connectivity index (χ1n) is 5.82. The lowest BCUT2D eigenvalue weighted by Gasteiger charge is -2.04. The highest BCUT2D eigenvalue weighted by Crippen LogP contribution is 2.17. The molecule has 18 heavy (non-hydrogen) atoms. The van der Waals surface area contributed by atoms with Crippen molar-refractivity contribution < 1.29 is 0 Å². The number of aromatic nitrogens is 2. The zero-order chi connectivity index (χ0) is 12.4. The van der Waals surface area contributed by atoms with Crippen molar-refractivity contribution in [1.29, 1.82) is 0 Å². The number of thiophene rings is 1. The minimum absolute atomic E-state index is 0.797. The van der Waals surface area contributed by atoms with Gasteiger partial charge in [-0.05, 0) is 31.2 Å². The molecule has 0 amide bonds. The van der Waals surface area contributed by atoms with E-state index in [0.717, 1.165) is 23.4 Å². The lowest BCUT2D eigenvalue weighted by atomic mass is 10.3. The van der Waals surface area contributed by atoms with Crippen LogP contribution in [-0.2, 0) is 6.54 Å². The zero-order valence-corrected chi connectivity index (χ0v) is 10.9. The van der Waals surface area contributed by atoms with Crippen molar-refractivity contribution in [3.63, 3.8) is 0 Å². The zero-order valence-electron chi connectivity index (χ0n) is 10.1. The molecular weight excluding hydrogens is 242 g/mol. The molecule has 3 aromatic rings. The van der Waals surface area contributed by atoms with Gasteiger partial charge in [-0.3, -0.25) is 4.98 Å². The van der Waals surface area contributed by atoms with Crippen LogP contribution in [0.5, 0.6) is 0 Å². The van der Waals surface area contributed by atoms with Crippen LogP contribution in [-0.4, -0.2) is 9.97 Å².